The molecule has 1 aliphatic rings. The molecule has 35 heavy (non-hydrogen) atoms. The van der Waals surface area contributed by atoms with E-state index in [0.29, 0.717) is 53.5 Å². The Morgan fingerprint density at radius 2 is 1.94 bits per heavy atom. The normalized spacial score (nSPS) is 16.3. The van der Waals surface area contributed by atoms with E-state index < -0.39 is 0 Å². The first-order valence-corrected chi connectivity index (χ1v) is 12.3. The van der Waals surface area contributed by atoms with Crippen LogP contribution in [0.3, 0.4) is 0 Å². The highest BCUT2D eigenvalue weighted by Gasteiger charge is 2.28. The predicted molar refractivity (Wildman–Crippen MR) is 135 cm³/mol. The largest absolute Gasteiger partial charge is 0.352 e. The molecule has 184 valence electrons. The molecule has 2 amide bonds. The predicted octanol–water partition coefficient (Wildman–Crippen LogP) is 4.63. The summed E-state index contributed by atoms with van der Waals surface area (Å²) in [6, 6.07) is 14.4. The van der Waals surface area contributed by atoms with Crippen molar-refractivity contribution in [1.82, 2.24) is 20.4 Å². The van der Waals surface area contributed by atoms with Gasteiger partial charge in [0.05, 0.1) is 23.7 Å². The van der Waals surface area contributed by atoms with Crippen LogP contribution < -0.4 is 10.6 Å². The summed E-state index contributed by atoms with van der Waals surface area (Å²) in [4.78, 5) is 32.3. The maximum atomic E-state index is 13.1. The molecule has 8 nitrogen and oxygen atoms in total. The van der Waals surface area contributed by atoms with E-state index in [1.54, 1.807) is 30.3 Å². The molecule has 0 bridgehead atoms. The maximum absolute atomic E-state index is 13.1. The first kappa shape index (κ1) is 24.9. The minimum absolute atomic E-state index is 0.0915. The van der Waals surface area contributed by atoms with Crippen molar-refractivity contribution in [2.45, 2.75) is 33.2 Å². The summed E-state index contributed by atoms with van der Waals surface area (Å²) in [5.41, 5.74) is 1.83. The van der Waals surface area contributed by atoms with Crippen LogP contribution in [0.5, 0.6) is 0 Å². The van der Waals surface area contributed by atoms with E-state index in [-0.39, 0.29) is 17.7 Å². The zero-order valence-electron chi connectivity index (χ0n) is 20.0. The minimum Gasteiger partial charge on any atom is -0.352 e. The summed E-state index contributed by atoms with van der Waals surface area (Å²) in [5, 5.41) is 10.6. The molecular formula is C26H30ClN5O3. The van der Waals surface area contributed by atoms with Gasteiger partial charge >= 0.3 is 0 Å². The van der Waals surface area contributed by atoms with Gasteiger partial charge in [-0.3, -0.25) is 14.5 Å². The Balaban J connectivity index is 1.36. The van der Waals surface area contributed by atoms with Crippen LogP contribution in [0.1, 0.15) is 42.9 Å². The molecule has 3 aromatic rings. The lowest BCUT2D eigenvalue weighted by Crippen LogP contribution is -2.40. The minimum atomic E-state index is -0.200. The number of para-hydroxylation sites is 1. The number of nitrogens with zero attached hydrogens (tertiary/aromatic N) is 3. The third kappa shape index (κ3) is 6.68. The van der Waals surface area contributed by atoms with E-state index in [1.807, 2.05) is 32.0 Å². The third-order valence-electron chi connectivity index (χ3n) is 5.91. The molecule has 0 saturated carbocycles. The van der Waals surface area contributed by atoms with E-state index in [2.05, 4.69) is 25.7 Å². The smallest absolute Gasteiger partial charge is 0.253 e. The number of aromatic nitrogens is 2. The standard InChI is InChI=1S/C26H30ClN5O3/c1-17(2)14-28-26(34)21-7-3-4-8-22(21)29-25(33)19-6-5-13-32(15-19)16-23-30-24(31-35-23)18-9-11-20(27)12-10-18/h3-4,7-12,17,19H,5-6,13-16H2,1-2H3,(H,28,34)(H,29,33). The van der Waals surface area contributed by atoms with Gasteiger partial charge in [-0.25, -0.2) is 0 Å². The number of carbonyl (C=O) groups excluding carboxylic acids is 2. The molecule has 0 spiro atoms. The monoisotopic (exact) mass is 495 g/mol. The van der Waals surface area contributed by atoms with Crippen molar-refractivity contribution in [3.05, 3.63) is 65.0 Å². The van der Waals surface area contributed by atoms with Gasteiger partial charge in [0.15, 0.2) is 0 Å². The molecule has 0 radical (unpaired) electrons. The van der Waals surface area contributed by atoms with E-state index >= 15 is 0 Å². The van der Waals surface area contributed by atoms with E-state index in [0.717, 1.165) is 24.9 Å². The maximum Gasteiger partial charge on any atom is 0.253 e. The van der Waals surface area contributed by atoms with Crippen LogP contribution in [0, 0.1) is 11.8 Å². The Morgan fingerprint density at radius 3 is 2.71 bits per heavy atom. The van der Waals surface area contributed by atoms with Crippen LogP contribution in [-0.4, -0.2) is 46.5 Å². The van der Waals surface area contributed by atoms with E-state index in [4.69, 9.17) is 16.1 Å². The van der Waals surface area contributed by atoms with Crippen LogP contribution in [0.25, 0.3) is 11.4 Å². The van der Waals surface area contributed by atoms with Crippen LogP contribution in [-0.2, 0) is 11.3 Å². The Bertz CT molecular complexity index is 1160. The van der Waals surface area contributed by atoms with Gasteiger partial charge in [0.1, 0.15) is 0 Å². The molecule has 1 saturated heterocycles. The van der Waals surface area contributed by atoms with E-state index in [9.17, 15) is 9.59 Å². The summed E-state index contributed by atoms with van der Waals surface area (Å²) < 4.78 is 5.44. The van der Waals surface area contributed by atoms with Gasteiger partial charge in [-0.15, -0.1) is 0 Å². The van der Waals surface area contributed by atoms with Gasteiger partial charge in [0.25, 0.3) is 5.91 Å². The zero-order chi connectivity index (χ0) is 24.8. The van der Waals surface area contributed by atoms with Crippen molar-refractivity contribution in [3.63, 3.8) is 0 Å². The Morgan fingerprint density at radius 1 is 1.17 bits per heavy atom. The Labute approximate surface area is 210 Å². The first-order chi connectivity index (χ1) is 16.9. The number of benzene rings is 2. The van der Waals surface area contributed by atoms with Crippen molar-refractivity contribution < 1.29 is 14.1 Å². The molecule has 1 unspecified atom stereocenters. The Hall–Kier alpha value is -3.23. The number of carbonyl (C=O) groups is 2. The molecule has 2 aromatic carbocycles. The fourth-order valence-corrected chi connectivity index (χ4v) is 4.18. The summed E-state index contributed by atoms with van der Waals surface area (Å²) >= 11 is 5.95. The number of nitrogens with one attached hydrogen (secondary N) is 2. The van der Waals surface area contributed by atoms with Gasteiger partial charge in [-0.2, -0.15) is 4.98 Å². The fourth-order valence-electron chi connectivity index (χ4n) is 4.06. The van der Waals surface area contributed by atoms with Gasteiger partial charge < -0.3 is 15.2 Å². The molecule has 9 heteroatoms. The topological polar surface area (TPSA) is 100 Å². The lowest BCUT2D eigenvalue weighted by molar-refractivity contribution is -0.121. The number of amides is 2. The molecule has 1 atom stereocenters. The highest BCUT2D eigenvalue weighted by atomic mass is 35.5. The fraction of sp³-hybridized carbons (Fsp3) is 0.385. The molecule has 1 aliphatic heterocycles. The van der Waals surface area contributed by atoms with Crippen molar-refractivity contribution in [2.75, 3.05) is 25.0 Å². The highest BCUT2D eigenvalue weighted by Crippen LogP contribution is 2.23. The summed E-state index contributed by atoms with van der Waals surface area (Å²) in [6.45, 7) is 6.54. The summed E-state index contributed by atoms with van der Waals surface area (Å²) in [5.74, 6) is 0.877. The first-order valence-electron chi connectivity index (χ1n) is 11.9. The summed E-state index contributed by atoms with van der Waals surface area (Å²) in [7, 11) is 0. The van der Waals surface area contributed by atoms with Gasteiger partial charge in [0, 0.05) is 23.7 Å². The number of halogens is 1. The van der Waals surface area contributed by atoms with Crippen LogP contribution >= 0.6 is 11.6 Å². The Kier molecular flexibility index (Phi) is 8.15. The quantitative estimate of drug-likeness (QED) is 0.472. The molecule has 1 fully saturated rings. The number of piperidine rings is 1. The van der Waals surface area contributed by atoms with Crippen LogP contribution in [0.15, 0.2) is 53.1 Å². The average molecular weight is 496 g/mol. The molecular weight excluding hydrogens is 466 g/mol. The second kappa shape index (κ2) is 11.5. The number of hydrogen-bond acceptors (Lipinski definition) is 6. The highest BCUT2D eigenvalue weighted by molar-refractivity contribution is 6.30. The number of likely N-dealkylation sites (tertiary alicyclic amines) is 1. The second-order valence-corrected chi connectivity index (χ2v) is 9.67. The van der Waals surface area contributed by atoms with Gasteiger partial charge in [0.2, 0.25) is 17.6 Å². The van der Waals surface area contributed by atoms with Crippen molar-refractivity contribution >= 4 is 29.1 Å². The van der Waals surface area contributed by atoms with Crippen molar-refractivity contribution in [1.29, 1.82) is 0 Å². The average Bonchev–Trinajstić information content (AvgIpc) is 3.32. The molecule has 1 aromatic heterocycles. The lowest BCUT2D eigenvalue weighted by Gasteiger charge is -2.31. The zero-order valence-corrected chi connectivity index (χ0v) is 20.7. The number of rotatable bonds is 8. The molecule has 2 heterocycles. The summed E-state index contributed by atoms with van der Waals surface area (Å²) in [6.07, 6.45) is 1.66. The molecule has 0 aliphatic carbocycles. The third-order valence-corrected chi connectivity index (χ3v) is 6.16. The number of anilines is 1. The van der Waals surface area contributed by atoms with Crippen molar-refractivity contribution in [3.8, 4) is 11.4 Å². The SMILES string of the molecule is CC(C)CNC(=O)c1ccccc1NC(=O)C1CCCN(Cc2nc(-c3ccc(Cl)cc3)no2)C1. The van der Waals surface area contributed by atoms with Crippen molar-refractivity contribution in [2.24, 2.45) is 11.8 Å². The second-order valence-electron chi connectivity index (χ2n) is 9.23. The van der Waals surface area contributed by atoms with Crippen LogP contribution in [0.2, 0.25) is 5.02 Å². The number of hydrogen-bond donors (Lipinski definition) is 2. The van der Waals surface area contributed by atoms with Crippen LogP contribution in [0.4, 0.5) is 5.69 Å². The van der Waals surface area contributed by atoms with Gasteiger partial charge in [-0.1, -0.05) is 42.7 Å². The molecule has 2 N–H and O–H groups in total. The van der Waals surface area contributed by atoms with Gasteiger partial charge in [-0.05, 0) is 61.7 Å². The lowest BCUT2D eigenvalue weighted by atomic mass is 9.96. The van der Waals surface area contributed by atoms with E-state index in [1.165, 1.54) is 0 Å². The molecule has 4 rings (SSSR count).